The molecule has 0 saturated carbocycles. The summed E-state index contributed by atoms with van der Waals surface area (Å²) in [5.41, 5.74) is 16.4. The Hall–Kier alpha value is -3.87. The van der Waals surface area contributed by atoms with Gasteiger partial charge in [0.05, 0.1) is 6.54 Å². The number of carboxylic acid groups (broad SMARTS) is 1. The summed E-state index contributed by atoms with van der Waals surface area (Å²) in [4.78, 5) is 53.2. The van der Waals surface area contributed by atoms with E-state index in [1.54, 1.807) is 26.0 Å². The zero-order valence-corrected chi connectivity index (χ0v) is 19.9. The molecule has 0 heterocycles. The number of carbonyl (C=O) groups excluding carboxylic acids is 3. The van der Waals surface area contributed by atoms with Crippen LogP contribution in [-0.4, -0.2) is 71.1 Å². The molecule has 0 spiro atoms. The van der Waals surface area contributed by atoms with Crippen LogP contribution in [0, 0.1) is 5.92 Å². The molecule has 1 aromatic rings. The topological polar surface area (TPSA) is 235 Å². The van der Waals surface area contributed by atoms with E-state index in [2.05, 4.69) is 20.9 Å². The number of nitrogens with two attached hydrogens (primary N) is 3. The molecular weight excluding hydrogens is 458 g/mol. The molecule has 0 aliphatic rings. The molecule has 13 heteroatoms. The van der Waals surface area contributed by atoms with Crippen LogP contribution in [0.2, 0.25) is 0 Å². The number of hydrogen-bond donors (Lipinski definition) is 8. The van der Waals surface area contributed by atoms with Crippen LogP contribution < -0.4 is 33.2 Å². The van der Waals surface area contributed by atoms with Crippen LogP contribution in [0.15, 0.2) is 29.3 Å². The number of guanidine groups is 1. The molecule has 194 valence electrons. The van der Waals surface area contributed by atoms with E-state index in [0.29, 0.717) is 12.0 Å². The lowest BCUT2D eigenvalue weighted by atomic mass is 10.0. The smallest absolute Gasteiger partial charge is 0.326 e. The summed E-state index contributed by atoms with van der Waals surface area (Å²) in [5, 5.41) is 26.6. The minimum absolute atomic E-state index is 0.00778. The molecule has 11 N–H and O–H groups in total. The van der Waals surface area contributed by atoms with E-state index in [4.69, 9.17) is 17.2 Å². The van der Waals surface area contributed by atoms with Crippen LogP contribution in [0.5, 0.6) is 5.75 Å². The van der Waals surface area contributed by atoms with Gasteiger partial charge in [-0.3, -0.25) is 19.4 Å². The van der Waals surface area contributed by atoms with Crippen molar-refractivity contribution in [2.24, 2.45) is 28.1 Å². The fourth-order valence-electron chi connectivity index (χ4n) is 3.14. The van der Waals surface area contributed by atoms with Gasteiger partial charge in [-0.2, -0.15) is 0 Å². The summed E-state index contributed by atoms with van der Waals surface area (Å²) in [6, 6.07) is 2.62. The predicted molar refractivity (Wildman–Crippen MR) is 129 cm³/mol. The van der Waals surface area contributed by atoms with Crippen LogP contribution in [0.25, 0.3) is 0 Å². The first-order valence-electron chi connectivity index (χ1n) is 11.1. The monoisotopic (exact) mass is 493 g/mol. The predicted octanol–water partition coefficient (Wildman–Crippen LogP) is -1.86. The Morgan fingerprint density at radius 2 is 1.57 bits per heavy atom. The Labute approximate surface area is 203 Å². The molecule has 0 aliphatic heterocycles. The summed E-state index contributed by atoms with van der Waals surface area (Å²) >= 11 is 0. The lowest BCUT2D eigenvalue weighted by molar-refractivity contribution is -0.142. The number of hydrogen-bond acceptors (Lipinski definition) is 7. The van der Waals surface area contributed by atoms with Crippen LogP contribution >= 0.6 is 0 Å². The largest absolute Gasteiger partial charge is 0.508 e. The summed E-state index contributed by atoms with van der Waals surface area (Å²) in [7, 11) is 0. The van der Waals surface area contributed by atoms with Gasteiger partial charge in [0.15, 0.2) is 5.96 Å². The van der Waals surface area contributed by atoms with Crippen LogP contribution in [-0.2, 0) is 25.6 Å². The molecule has 0 aliphatic carbocycles. The van der Waals surface area contributed by atoms with Crippen molar-refractivity contribution >= 4 is 29.7 Å². The van der Waals surface area contributed by atoms with Gasteiger partial charge in [-0.05, 0) is 36.5 Å². The molecule has 0 radical (unpaired) electrons. The Bertz CT molecular complexity index is 900. The lowest BCUT2D eigenvalue weighted by Gasteiger charge is -2.26. The number of aliphatic imine (C=N–C) groups is 1. The van der Waals surface area contributed by atoms with Crippen molar-refractivity contribution in [3.05, 3.63) is 29.8 Å². The van der Waals surface area contributed by atoms with Crippen molar-refractivity contribution in [3.8, 4) is 5.75 Å². The fraction of sp³-hybridized carbons (Fsp3) is 0.500. The van der Waals surface area contributed by atoms with E-state index >= 15 is 0 Å². The zero-order chi connectivity index (χ0) is 26.5. The molecule has 3 unspecified atom stereocenters. The van der Waals surface area contributed by atoms with Gasteiger partial charge in [0.1, 0.15) is 23.9 Å². The second-order valence-corrected chi connectivity index (χ2v) is 8.27. The molecular formula is C22H35N7O6. The first kappa shape index (κ1) is 29.2. The van der Waals surface area contributed by atoms with E-state index in [1.165, 1.54) is 12.1 Å². The van der Waals surface area contributed by atoms with Gasteiger partial charge in [-0.1, -0.05) is 26.0 Å². The van der Waals surface area contributed by atoms with E-state index < -0.39 is 41.8 Å². The molecule has 3 atom stereocenters. The van der Waals surface area contributed by atoms with E-state index in [-0.39, 0.29) is 43.6 Å². The third kappa shape index (κ3) is 10.7. The average Bonchev–Trinajstić information content (AvgIpc) is 2.79. The zero-order valence-electron chi connectivity index (χ0n) is 19.9. The van der Waals surface area contributed by atoms with E-state index in [9.17, 15) is 29.4 Å². The number of aliphatic carboxylic acids is 1. The molecule has 3 amide bonds. The highest BCUT2D eigenvalue weighted by molar-refractivity contribution is 5.93. The molecule has 0 saturated heterocycles. The quantitative estimate of drug-likeness (QED) is 0.0823. The SMILES string of the molecule is CC(C)C(NC(=O)CN)C(=O)NC(Cc1ccc(O)cc1)C(=O)NC(CCCN=C(N)N)C(=O)O. The molecule has 0 fully saturated rings. The van der Waals surface area contributed by atoms with Crippen LogP contribution in [0.3, 0.4) is 0 Å². The molecule has 13 nitrogen and oxygen atoms in total. The first-order valence-corrected chi connectivity index (χ1v) is 11.1. The number of nitrogens with one attached hydrogen (secondary N) is 3. The van der Waals surface area contributed by atoms with Crippen molar-refractivity contribution in [1.29, 1.82) is 0 Å². The van der Waals surface area contributed by atoms with Crippen molar-refractivity contribution < 1.29 is 29.4 Å². The Balaban J connectivity index is 3.06. The number of benzene rings is 1. The number of aromatic hydroxyl groups is 1. The maximum absolute atomic E-state index is 13.1. The van der Waals surface area contributed by atoms with E-state index in [1.807, 2.05) is 0 Å². The van der Waals surface area contributed by atoms with Gasteiger partial charge < -0.3 is 43.4 Å². The number of carbonyl (C=O) groups is 4. The van der Waals surface area contributed by atoms with Gasteiger partial charge in [0.25, 0.3) is 0 Å². The van der Waals surface area contributed by atoms with Crippen molar-refractivity contribution in [2.75, 3.05) is 13.1 Å². The van der Waals surface area contributed by atoms with E-state index in [0.717, 1.165) is 0 Å². The standard InChI is InChI=1S/C22H35N7O6/c1-12(2)18(29-17(31)11-23)20(33)28-16(10-13-5-7-14(30)8-6-13)19(32)27-15(21(34)35)4-3-9-26-22(24)25/h5-8,12,15-16,18,30H,3-4,9-11,23H2,1-2H3,(H,27,32)(H,28,33)(H,29,31)(H,34,35)(H4,24,25,26). The number of phenols is 1. The normalized spacial score (nSPS) is 13.3. The molecule has 0 bridgehead atoms. The average molecular weight is 494 g/mol. The fourth-order valence-corrected chi connectivity index (χ4v) is 3.14. The highest BCUT2D eigenvalue weighted by Crippen LogP contribution is 2.12. The molecule has 1 rings (SSSR count). The second kappa shape index (κ2) is 14.4. The highest BCUT2D eigenvalue weighted by atomic mass is 16.4. The van der Waals surface area contributed by atoms with Gasteiger partial charge in [-0.25, -0.2) is 4.79 Å². The van der Waals surface area contributed by atoms with Gasteiger partial charge in [0.2, 0.25) is 17.7 Å². The minimum Gasteiger partial charge on any atom is -0.508 e. The Morgan fingerprint density at radius 3 is 2.09 bits per heavy atom. The van der Waals surface area contributed by atoms with Gasteiger partial charge in [0, 0.05) is 13.0 Å². The molecule has 1 aromatic carbocycles. The summed E-state index contributed by atoms with van der Waals surface area (Å²) in [5.74, 6) is -3.56. The summed E-state index contributed by atoms with van der Waals surface area (Å²) < 4.78 is 0. The lowest BCUT2D eigenvalue weighted by Crippen LogP contribution is -2.58. The maximum Gasteiger partial charge on any atom is 0.326 e. The number of phenolic OH excluding ortho intramolecular Hbond substituents is 1. The highest BCUT2D eigenvalue weighted by Gasteiger charge is 2.30. The number of rotatable bonds is 14. The third-order valence-corrected chi connectivity index (χ3v) is 5.02. The van der Waals surface area contributed by atoms with Crippen LogP contribution in [0.4, 0.5) is 0 Å². The Kier molecular flexibility index (Phi) is 12.0. The Morgan fingerprint density at radius 1 is 0.971 bits per heavy atom. The number of amides is 3. The van der Waals surface area contributed by atoms with Crippen molar-refractivity contribution in [2.45, 2.75) is 51.2 Å². The second-order valence-electron chi connectivity index (χ2n) is 8.27. The summed E-state index contributed by atoms with van der Waals surface area (Å²) in [6.45, 7) is 3.31. The maximum atomic E-state index is 13.1. The van der Waals surface area contributed by atoms with Gasteiger partial charge in [-0.15, -0.1) is 0 Å². The summed E-state index contributed by atoms with van der Waals surface area (Å²) in [6.07, 6.45) is 0.359. The minimum atomic E-state index is -1.26. The molecule has 0 aromatic heterocycles. The number of nitrogens with zero attached hydrogens (tertiary/aromatic N) is 1. The van der Waals surface area contributed by atoms with Gasteiger partial charge >= 0.3 is 5.97 Å². The van der Waals surface area contributed by atoms with Crippen molar-refractivity contribution in [1.82, 2.24) is 16.0 Å². The third-order valence-electron chi connectivity index (χ3n) is 5.02. The number of carboxylic acids is 1. The van der Waals surface area contributed by atoms with Crippen molar-refractivity contribution in [3.63, 3.8) is 0 Å². The molecule has 35 heavy (non-hydrogen) atoms. The first-order chi connectivity index (χ1) is 16.4. The van der Waals surface area contributed by atoms with Crippen LogP contribution in [0.1, 0.15) is 32.3 Å².